The summed E-state index contributed by atoms with van der Waals surface area (Å²) in [7, 11) is 1.59. The van der Waals surface area contributed by atoms with Gasteiger partial charge in [0, 0.05) is 36.5 Å². The third-order valence-corrected chi connectivity index (χ3v) is 6.21. The number of hydrogen-bond acceptors (Lipinski definition) is 2. The van der Waals surface area contributed by atoms with Crippen molar-refractivity contribution in [2.45, 2.75) is 38.8 Å². The summed E-state index contributed by atoms with van der Waals surface area (Å²) in [5, 5.41) is 3.71. The summed E-state index contributed by atoms with van der Waals surface area (Å²) in [4.78, 5) is 28.1. The summed E-state index contributed by atoms with van der Waals surface area (Å²) in [6.45, 7) is 2.25. The van der Waals surface area contributed by atoms with E-state index < -0.39 is 6.04 Å². The monoisotopic (exact) mass is 482 g/mol. The average molecular weight is 483 g/mol. The summed E-state index contributed by atoms with van der Waals surface area (Å²) in [6, 6.07) is 22.4. The molecular formula is C27H28Cl2N2O2. The third-order valence-electron chi connectivity index (χ3n) is 5.62. The fourth-order valence-corrected chi connectivity index (χ4v) is 4.17. The van der Waals surface area contributed by atoms with Crippen LogP contribution in [-0.2, 0) is 29.0 Å². The second-order valence-corrected chi connectivity index (χ2v) is 8.91. The van der Waals surface area contributed by atoms with Crippen LogP contribution < -0.4 is 5.32 Å². The zero-order valence-corrected chi connectivity index (χ0v) is 20.4. The Bertz CT molecular complexity index is 1090. The van der Waals surface area contributed by atoms with Gasteiger partial charge in [-0.05, 0) is 42.2 Å². The third kappa shape index (κ3) is 7.08. The zero-order chi connectivity index (χ0) is 23.8. The van der Waals surface area contributed by atoms with Gasteiger partial charge in [0.2, 0.25) is 11.8 Å². The molecule has 1 atom stereocenters. The molecule has 172 valence electrons. The fraction of sp³-hybridized carbons (Fsp3) is 0.259. The highest BCUT2D eigenvalue weighted by Crippen LogP contribution is 2.24. The number of nitrogens with one attached hydrogen (secondary N) is 1. The normalized spacial score (nSPS) is 11.6. The van der Waals surface area contributed by atoms with Gasteiger partial charge in [-0.25, -0.2) is 0 Å². The SMILES string of the molecule is CNC(=O)[C@@H](Cc1ccccc1)N(Cc1ccc(Cl)cc1Cl)C(=O)CCc1ccc(C)cc1. The molecule has 3 rings (SSSR count). The summed E-state index contributed by atoms with van der Waals surface area (Å²) in [5.41, 5.74) is 3.97. The maximum atomic E-state index is 13.5. The van der Waals surface area contributed by atoms with Crippen LogP contribution in [0.3, 0.4) is 0 Å². The molecule has 0 unspecified atom stereocenters. The second-order valence-electron chi connectivity index (χ2n) is 8.06. The number of amides is 2. The molecule has 0 radical (unpaired) electrons. The molecule has 0 fully saturated rings. The number of hydrogen-bond donors (Lipinski definition) is 1. The van der Waals surface area contributed by atoms with Crippen LogP contribution in [0.4, 0.5) is 0 Å². The standard InChI is InChI=1S/C27H28Cl2N2O2/c1-19-8-10-20(11-9-19)12-15-26(32)31(18-22-13-14-23(28)17-24(22)29)25(27(33)30-2)16-21-6-4-3-5-7-21/h3-11,13-14,17,25H,12,15-16,18H2,1-2H3,(H,30,33)/t25-/m1/s1. The lowest BCUT2D eigenvalue weighted by Gasteiger charge is -2.31. The highest BCUT2D eigenvalue weighted by atomic mass is 35.5. The predicted molar refractivity (Wildman–Crippen MR) is 135 cm³/mol. The highest BCUT2D eigenvalue weighted by molar-refractivity contribution is 6.35. The van der Waals surface area contributed by atoms with E-state index >= 15 is 0 Å². The number of rotatable bonds is 9. The maximum absolute atomic E-state index is 13.5. The van der Waals surface area contributed by atoms with Gasteiger partial charge >= 0.3 is 0 Å². The molecule has 3 aromatic carbocycles. The van der Waals surface area contributed by atoms with Crippen LogP contribution in [0.25, 0.3) is 0 Å². The van der Waals surface area contributed by atoms with Crippen LogP contribution in [0.15, 0.2) is 72.8 Å². The molecule has 1 N–H and O–H groups in total. The molecule has 0 aliphatic rings. The fourth-order valence-electron chi connectivity index (χ4n) is 3.70. The van der Waals surface area contributed by atoms with Crippen molar-refractivity contribution in [1.82, 2.24) is 10.2 Å². The van der Waals surface area contributed by atoms with E-state index in [1.165, 1.54) is 5.56 Å². The molecule has 0 aliphatic carbocycles. The van der Waals surface area contributed by atoms with Gasteiger partial charge in [-0.15, -0.1) is 0 Å². The lowest BCUT2D eigenvalue weighted by molar-refractivity contribution is -0.141. The average Bonchev–Trinajstić information content (AvgIpc) is 2.82. The van der Waals surface area contributed by atoms with Crippen LogP contribution in [0.2, 0.25) is 10.0 Å². The van der Waals surface area contributed by atoms with Crippen molar-refractivity contribution in [2.75, 3.05) is 7.05 Å². The van der Waals surface area contributed by atoms with E-state index in [2.05, 4.69) is 5.32 Å². The van der Waals surface area contributed by atoms with Gasteiger partial charge in [-0.1, -0.05) is 89.4 Å². The first-order valence-corrected chi connectivity index (χ1v) is 11.7. The van der Waals surface area contributed by atoms with Gasteiger partial charge < -0.3 is 10.2 Å². The van der Waals surface area contributed by atoms with Crippen molar-refractivity contribution < 1.29 is 9.59 Å². The lowest BCUT2D eigenvalue weighted by Crippen LogP contribution is -2.49. The topological polar surface area (TPSA) is 49.4 Å². The lowest BCUT2D eigenvalue weighted by atomic mass is 10.0. The maximum Gasteiger partial charge on any atom is 0.242 e. The van der Waals surface area contributed by atoms with Crippen molar-refractivity contribution in [3.05, 3.63) is 105 Å². The smallest absolute Gasteiger partial charge is 0.242 e. The van der Waals surface area contributed by atoms with E-state index in [-0.39, 0.29) is 24.8 Å². The Hall–Kier alpha value is -2.82. The van der Waals surface area contributed by atoms with Gasteiger partial charge in [0.05, 0.1) is 0 Å². The Labute approximate surface area is 205 Å². The van der Waals surface area contributed by atoms with Crippen LogP contribution in [0.1, 0.15) is 28.7 Å². The molecule has 2 amide bonds. The molecular weight excluding hydrogens is 455 g/mol. The number of aryl methyl sites for hydroxylation is 2. The minimum absolute atomic E-state index is 0.105. The molecule has 0 heterocycles. The molecule has 0 bridgehead atoms. The second kappa shape index (κ2) is 11.9. The molecule has 0 spiro atoms. The zero-order valence-electron chi connectivity index (χ0n) is 18.9. The molecule has 4 nitrogen and oxygen atoms in total. The first-order chi connectivity index (χ1) is 15.9. The van der Waals surface area contributed by atoms with Crippen molar-refractivity contribution >= 4 is 35.0 Å². The minimum Gasteiger partial charge on any atom is -0.357 e. The Balaban J connectivity index is 1.89. The first kappa shape index (κ1) is 24.8. The minimum atomic E-state index is -0.672. The summed E-state index contributed by atoms with van der Waals surface area (Å²) < 4.78 is 0. The van der Waals surface area contributed by atoms with Crippen molar-refractivity contribution in [1.29, 1.82) is 0 Å². The molecule has 0 aromatic heterocycles. The number of halogens is 2. The van der Waals surface area contributed by atoms with E-state index in [0.29, 0.717) is 22.9 Å². The highest BCUT2D eigenvalue weighted by Gasteiger charge is 2.30. The van der Waals surface area contributed by atoms with Crippen LogP contribution in [0.5, 0.6) is 0 Å². The van der Waals surface area contributed by atoms with E-state index in [4.69, 9.17) is 23.2 Å². The number of likely N-dealkylation sites (N-methyl/N-ethyl adjacent to an activating group) is 1. The predicted octanol–water partition coefficient (Wildman–Crippen LogP) is 5.62. The largest absolute Gasteiger partial charge is 0.357 e. The van der Waals surface area contributed by atoms with E-state index in [0.717, 1.165) is 16.7 Å². The van der Waals surface area contributed by atoms with E-state index in [1.54, 1.807) is 30.1 Å². The Morgan fingerprint density at radius 2 is 1.64 bits per heavy atom. The quantitative estimate of drug-likeness (QED) is 0.430. The van der Waals surface area contributed by atoms with E-state index in [1.807, 2.05) is 61.5 Å². The number of carbonyl (C=O) groups is 2. The number of nitrogens with zero attached hydrogens (tertiary/aromatic N) is 1. The Kier molecular flexibility index (Phi) is 8.93. The van der Waals surface area contributed by atoms with Gasteiger partial charge in [-0.2, -0.15) is 0 Å². The molecule has 6 heteroatoms. The molecule has 0 saturated heterocycles. The van der Waals surface area contributed by atoms with Gasteiger partial charge in [0.15, 0.2) is 0 Å². The van der Waals surface area contributed by atoms with E-state index in [9.17, 15) is 9.59 Å². The van der Waals surface area contributed by atoms with Crippen LogP contribution >= 0.6 is 23.2 Å². The summed E-state index contributed by atoms with van der Waals surface area (Å²) >= 11 is 12.5. The summed E-state index contributed by atoms with van der Waals surface area (Å²) in [6.07, 6.45) is 1.29. The van der Waals surface area contributed by atoms with Gasteiger partial charge in [0.25, 0.3) is 0 Å². The van der Waals surface area contributed by atoms with Crippen molar-refractivity contribution in [3.63, 3.8) is 0 Å². The number of benzene rings is 3. The molecule has 0 aliphatic heterocycles. The van der Waals surface area contributed by atoms with Gasteiger partial charge in [0.1, 0.15) is 6.04 Å². The Morgan fingerprint density at radius 3 is 2.27 bits per heavy atom. The molecule has 3 aromatic rings. The number of carbonyl (C=O) groups excluding carboxylic acids is 2. The Morgan fingerprint density at radius 1 is 0.939 bits per heavy atom. The summed E-state index contributed by atoms with van der Waals surface area (Å²) in [5.74, 6) is -0.321. The van der Waals surface area contributed by atoms with Crippen molar-refractivity contribution in [3.8, 4) is 0 Å². The molecule has 0 saturated carbocycles. The van der Waals surface area contributed by atoms with Crippen molar-refractivity contribution in [2.24, 2.45) is 0 Å². The van der Waals surface area contributed by atoms with Crippen LogP contribution in [-0.4, -0.2) is 29.8 Å². The first-order valence-electron chi connectivity index (χ1n) is 10.9. The molecule has 33 heavy (non-hydrogen) atoms. The van der Waals surface area contributed by atoms with Gasteiger partial charge in [-0.3, -0.25) is 9.59 Å². The van der Waals surface area contributed by atoms with Crippen LogP contribution in [0, 0.1) is 6.92 Å².